The zero-order valence-corrected chi connectivity index (χ0v) is 13.1. The van der Waals surface area contributed by atoms with Gasteiger partial charge in [0.15, 0.2) is 0 Å². The van der Waals surface area contributed by atoms with Crippen LogP contribution in [0, 0.1) is 0 Å². The summed E-state index contributed by atoms with van der Waals surface area (Å²) in [5, 5.41) is 2.88. The van der Waals surface area contributed by atoms with E-state index in [4.69, 9.17) is 0 Å². The first kappa shape index (κ1) is 15.8. The van der Waals surface area contributed by atoms with E-state index in [1.54, 1.807) is 0 Å². The van der Waals surface area contributed by atoms with Crippen molar-refractivity contribution in [2.75, 3.05) is 45.2 Å². The van der Waals surface area contributed by atoms with Gasteiger partial charge in [-0.25, -0.2) is 4.98 Å². The summed E-state index contributed by atoms with van der Waals surface area (Å²) in [5.74, 6) is -0.0979. The Hall–Kier alpha value is -1.62. The Morgan fingerprint density at radius 3 is 2.52 bits per heavy atom. The Morgan fingerprint density at radius 1 is 1.24 bits per heavy atom. The highest BCUT2D eigenvalue weighted by molar-refractivity contribution is 5.92. The van der Waals surface area contributed by atoms with Crippen LogP contribution in [0.25, 0.3) is 0 Å². The maximum atomic E-state index is 12.0. The predicted octanol–water partition coefficient (Wildman–Crippen LogP) is 1.75. The van der Waals surface area contributed by atoms with Crippen LogP contribution in [0.5, 0.6) is 0 Å². The Balaban J connectivity index is 1.90. The minimum absolute atomic E-state index is 0.0979. The van der Waals surface area contributed by atoms with Gasteiger partial charge in [0.2, 0.25) is 0 Å². The minimum atomic E-state index is -0.0979. The molecule has 2 rings (SSSR count). The number of nitrogens with zero attached hydrogens (tertiary/aromatic N) is 3. The van der Waals surface area contributed by atoms with Crippen LogP contribution >= 0.6 is 0 Å². The second-order valence-electron chi connectivity index (χ2n) is 5.86. The quantitative estimate of drug-likeness (QED) is 0.897. The molecule has 0 aliphatic carbocycles. The van der Waals surface area contributed by atoms with Crippen LogP contribution in [0.2, 0.25) is 0 Å². The Bertz CT molecular complexity index is 436. The number of nitrogens with one attached hydrogen (secondary N) is 1. The lowest BCUT2D eigenvalue weighted by atomic mass is 10.2. The molecule has 0 atom stereocenters. The molecule has 0 aromatic carbocycles. The SMILES string of the molecule is CN(C)CCNC(=O)c1ccc(N2CCCCCC2)cn1. The van der Waals surface area contributed by atoms with E-state index in [1.165, 1.54) is 25.7 Å². The number of carbonyl (C=O) groups excluding carboxylic acids is 1. The Labute approximate surface area is 127 Å². The molecular formula is C16H26N4O. The van der Waals surface area contributed by atoms with E-state index in [0.717, 1.165) is 25.3 Å². The molecule has 1 N–H and O–H groups in total. The van der Waals surface area contributed by atoms with Crippen LogP contribution in [0.3, 0.4) is 0 Å². The molecule has 0 radical (unpaired) electrons. The van der Waals surface area contributed by atoms with E-state index < -0.39 is 0 Å². The normalized spacial score (nSPS) is 15.9. The summed E-state index contributed by atoms with van der Waals surface area (Å²) in [6.07, 6.45) is 6.94. The summed E-state index contributed by atoms with van der Waals surface area (Å²) >= 11 is 0. The predicted molar refractivity (Wildman–Crippen MR) is 85.8 cm³/mol. The van der Waals surface area contributed by atoms with E-state index in [-0.39, 0.29) is 5.91 Å². The van der Waals surface area contributed by atoms with Gasteiger partial charge in [0.25, 0.3) is 5.91 Å². The molecule has 1 aromatic rings. The van der Waals surface area contributed by atoms with E-state index in [9.17, 15) is 4.79 Å². The lowest BCUT2D eigenvalue weighted by Crippen LogP contribution is -2.32. The zero-order valence-electron chi connectivity index (χ0n) is 13.1. The molecule has 1 saturated heterocycles. The fourth-order valence-electron chi connectivity index (χ4n) is 2.52. The topological polar surface area (TPSA) is 48.5 Å². The summed E-state index contributed by atoms with van der Waals surface area (Å²) in [7, 11) is 3.97. The van der Waals surface area contributed by atoms with E-state index in [2.05, 4.69) is 15.2 Å². The minimum Gasteiger partial charge on any atom is -0.370 e. The highest BCUT2D eigenvalue weighted by Gasteiger charge is 2.12. The molecule has 0 bridgehead atoms. The van der Waals surface area contributed by atoms with Gasteiger partial charge < -0.3 is 15.1 Å². The van der Waals surface area contributed by atoms with Gasteiger partial charge in [0.1, 0.15) is 5.69 Å². The number of aromatic nitrogens is 1. The largest absolute Gasteiger partial charge is 0.370 e. The monoisotopic (exact) mass is 290 g/mol. The van der Waals surface area contributed by atoms with E-state index in [1.807, 2.05) is 37.3 Å². The lowest BCUT2D eigenvalue weighted by molar-refractivity contribution is 0.0946. The van der Waals surface area contributed by atoms with Crippen LogP contribution in [0.4, 0.5) is 5.69 Å². The summed E-state index contributed by atoms with van der Waals surface area (Å²) < 4.78 is 0. The molecule has 5 nitrogen and oxygen atoms in total. The first-order valence-electron chi connectivity index (χ1n) is 7.81. The number of hydrogen-bond donors (Lipinski definition) is 1. The molecule has 116 valence electrons. The zero-order chi connectivity index (χ0) is 15.1. The molecule has 1 aromatic heterocycles. The second kappa shape index (κ2) is 7.98. The molecule has 1 fully saturated rings. The van der Waals surface area contributed by atoms with Crippen molar-refractivity contribution in [1.82, 2.24) is 15.2 Å². The third kappa shape index (κ3) is 5.01. The molecule has 1 amide bonds. The number of carbonyl (C=O) groups is 1. The smallest absolute Gasteiger partial charge is 0.269 e. The highest BCUT2D eigenvalue weighted by atomic mass is 16.1. The number of hydrogen-bond acceptors (Lipinski definition) is 4. The molecule has 0 unspecified atom stereocenters. The van der Waals surface area contributed by atoms with Gasteiger partial charge >= 0.3 is 0 Å². The second-order valence-corrected chi connectivity index (χ2v) is 5.86. The summed E-state index contributed by atoms with van der Waals surface area (Å²) in [6.45, 7) is 3.66. The lowest BCUT2D eigenvalue weighted by Gasteiger charge is -2.22. The highest BCUT2D eigenvalue weighted by Crippen LogP contribution is 2.18. The number of anilines is 1. The van der Waals surface area contributed by atoms with Gasteiger partial charge in [-0.1, -0.05) is 12.8 Å². The molecule has 5 heteroatoms. The van der Waals surface area contributed by atoms with Gasteiger partial charge in [-0.15, -0.1) is 0 Å². The number of likely N-dealkylation sites (N-methyl/N-ethyl adjacent to an activating group) is 1. The first-order chi connectivity index (χ1) is 10.2. The molecule has 2 heterocycles. The number of amides is 1. The molecule has 1 aliphatic rings. The van der Waals surface area contributed by atoms with Crippen molar-refractivity contribution in [3.63, 3.8) is 0 Å². The maximum absolute atomic E-state index is 12.0. The number of pyridine rings is 1. The average molecular weight is 290 g/mol. The van der Waals surface area contributed by atoms with Crippen molar-refractivity contribution >= 4 is 11.6 Å². The van der Waals surface area contributed by atoms with E-state index in [0.29, 0.717) is 12.2 Å². The van der Waals surface area contributed by atoms with Gasteiger partial charge in [-0.05, 0) is 39.1 Å². The van der Waals surface area contributed by atoms with Crippen molar-refractivity contribution < 1.29 is 4.79 Å². The molecule has 0 spiro atoms. The van der Waals surface area contributed by atoms with Crippen LogP contribution < -0.4 is 10.2 Å². The standard InChI is InChI=1S/C16H26N4O/c1-19(2)12-9-17-16(21)15-8-7-14(13-18-15)20-10-5-3-4-6-11-20/h7-8,13H,3-6,9-12H2,1-2H3,(H,17,21). The van der Waals surface area contributed by atoms with Gasteiger partial charge in [-0.2, -0.15) is 0 Å². The van der Waals surface area contributed by atoms with Crippen molar-refractivity contribution in [2.45, 2.75) is 25.7 Å². The van der Waals surface area contributed by atoms with Crippen LogP contribution in [-0.2, 0) is 0 Å². The first-order valence-corrected chi connectivity index (χ1v) is 7.81. The van der Waals surface area contributed by atoms with Crippen molar-refractivity contribution in [1.29, 1.82) is 0 Å². The van der Waals surface area contributed by atoms with E-state index >= 15 is 0 Å². The fourth-order valence-corrected chi connectivity index (χ4v) is 2.52. The molecular weight excluding hydrogens is 264 g/mol. The molecule has 1 aliphatic heterocycles. The summed E-state index contributed by atoms with van der Waals surface area (Å²) in [5.41, 5.74) is 1.62. The molecule has 21 heavy (non-hydrogen) atoms. The average Bonchev–Trinajstić information content (AvgIpc) is 2.76. The van der Waals surface area contributed by atoms with Gasteiger partial charge in [0, 0.05) is 26.2 Å². The maximum Gasteiger partial charge on any atom is 0.269 e. The van der Waals surface area contributed by atoms with Crippen molar-refractivity contribution in [2.24, 2.45) is 0 Å². The molecule has 0 saturated carbocycles. The Kier molecular flexibility index (Phi) is 5.99. The third-order valence-corrected chi connectivity index (χ3v) is 3.80. The third-order valence-electron chi connectivity index (χ3n) is 3.80. The Morgan fingerprint density at radius 2 is 1.95 bits per heavy atom. The van der Waals surface area contributed by atoms with Gasteiger partial charge in [0.05, 0.1) is 11.9 Å². The van der Waals surface area contributed by atoms with Crippen LogP contribution in [-0.4, -0.2) is 56.1 Å². The number of rotatable bonds is 5. The van der Waals surface area contributed by atoms with Crippen molar-refractivity contribution in [3.05, 3.63) is 24.0 Å². The fraction of sp³-hybridized carbons (Fsp3) is 0.625. The summed E-state index contributed by atoms with van der Waals surface area (Å²) in [4.78, 5) is 20.7. The van der Waals surface area contributed by atoms with Gasteiger partial charge in [-0.3, -0.25) is 4.79 Å². The van der Waals surface area contributed by atoms with Crippen molar-refractivity contribution in [3.8, 4) is 0 Å². The van der Waals surface area contributed by atoms with Crippen LogP contribution in [0.15, 0.2) is 18.3 Å². The summed E-state index contributed by atoms with van der Waals surface area (Å²) in [6, 6.07) is 3.84. The van der Waals surface area contributed by atoms with Crippen LogP contribution in [0.1, 0.15) is 36.2 Å².